The first-order valence-electron chi connectivity index (χ1n) is 8.02. The first kappa shape index (κ1) is 16.7. The molecular formula is C19H20N4O2. The molecule has 6 heteroatoms. The summed E-state index contributed by atoms with van der Waals surface area (Å²) in [6.45, 7) is 2.03. The third kappa shape index (κ3) is 4.44. The van der Waals surface area contributed by atoms with Gasteiger partial charge in [-0.25, -0.2) is 0 Å². The van der Waals surface area contributed by atoms with Crippen molar-refractivity contribution in [1.29, 1.82) is 0 Å². The Morgan fingerprint density at radius 1 is 1.12 bits per heavy atom. The summed E-state index contributed by atoms with van der Waals surface area (Å²) in [5, 5.41) is 14.0. The summed E-state index contributed by atoms with van der Waals surface area (Å²) < 4.78 is 5.11. The lowest BCUT2D eigenvalue weighted by atomic mass is 10.0. The number of ether oxygens (including phenoxy) is 1. The van der Waals surface area contributed by atoms with Crippen molar-refractivity contribution in [3.05, 3.63) is 65.2 Å². The zero-order chi connectivity index (χ0) is 17.6. The molecule has 0 bridgehead atoms. The van der Waals surface area contributed by atoms with Gasteiger partial charge in [-0.15, -0.1) is 5.10 Å². The highest BCUT2D eigenvalue weighted by atomic mass is 16.5. The van der Waals surface area contributed by atoms with Gasteiger partial charge in [-0.3, -0.25) is 10.1 Å². The van der Waals surface area contributed by atoms with E-state index in [1.165, 1.54) is 5.56 Å². The summed E-state index contributed by atoms with van der Waals surface area (Å²) in [5.74, 6) is 1.06. The number of hydrogen-bond donors (Lipinski definition) is 2. The molecule has 3 rings (SSSR count). The summed E-state index contributed by atoms with van der Waals surface area (Å²) in [7, 11) is 1.62. The molecule has 25 heavy (non-hydrogen) atoms. The van der Waals surface area contributed by atoms with Crippen LogP contribution in [0, 0.1) is 6.92 Å². The predicted octanol–water partition coefficient (Wildman–Crippen LogP) is 2.54. The van der Waals surface area contributed by atoms with E-state index in [0.717, 1.165) is 16.9 Å². The third-order valence-corrected chi connectivity index (χ3v) is 3.92. The molecule has 0 saturated carbocycles. The topological polar surface area (TPSA) is 75.1 Å². The van der Waals surface area contributed by atoms with Crippen LogP contribution in [0.5, 0.6) is 5.75 Å². The first-order valence-corrected chi connectivity index (χ1v) is 8.02. The van der Waals surface area contributed by atoms with Crippen molar-refractivity contribution in [1.82, 2.24) is 10.6 Å². The quantitative estimate of drug-likeness (QED) is 0.665. The minimum Gasteiger partial charge on any atom is -0.497 e. The fourth-order valence-electron chi connectivity index (χ4n) is 2.52. The number of amides is 1. The van der Waals surface area contributed by atoms with Crippen LogP contribution >= 0.6 is 0 Å². The molecule has 0 radical (unpaired) electrons. The van der Waals surface area contributed by atoms with Crippen molar-refractivity contribution in [3.63, 3.8) is 0 Å². The predicted molar refractivity (Wildman–Crippen MR) is 97.8 cm³/mol. The Bertz CT molecular complexity index is 795. The highest BCUT2D eigenvalue weighted by Gasteiger charge is 2.23. The van der Waals surface area contributed by atoms with Crippen LogP contribution < -0.4 is 15.4 Å². The molecule has 2 aromatic carbocycles. The zero-order valence-electron chi connectivity index (χ0n) is 14.2. The smallest absolute Gasteiger partial charge is 0.229 e. The summed E-state index contributed by atoms with van der Waals surface area (Å²) in [6.07, 6.45) is 1.99. The Balaban J connectivity index is 1.69. The molecular weight excluding hydrogens is 316 g/mol. The second kappa shape index (κ2) is 7.61. The molecule has 0 aromatic heterocycles. The minimum absolute atomic E-state index is 0.0808. The third-order valence-electron chi connectivity index (χ3n) is 3.92. The normalized spacial score (nSPS) is 18.9. The molecule has 1 heterocycles. The molecule has 0 aliphatic carbocycles. The van der Waals surface area contributed by atoms with Gasteiger partial charge in [0.15, 0.2) is 0 Å². The fraction of sp³-hybridized carbons (Fsp3) is 0.211. The second-order valence-corrected chi connectivity index (χ2v) is 5.83. The van der Waals surface area contributed by atoms with E-state index in [2.05, 4.69) is 20.8 Å². The van der Waals surface area contributed by atoms with Crippen LogP contribution in [0.2, 0.25) is 0 Å². The maximum Gasteiger partial charge on any atom is 0.229 e. The Morgan fingerprint density at radius 2 is 1.84 bits per heavy atom. The van der Waals surface area contributed by atoms with Gasteiger partial charge in [0.1, 0.15) is 5.75 Å². The van der Waals surface area contributed by atoms with Gasteiger partial charge in [-0.05, 0) is 42.3 Å². The maximum atomic E-state index is 11.9. The van der Waals surface area contributed by atoms with Crippen molar-refractivity contribution >= 4 is 18.1 Å². The van der Waals surface area contributed by atoms with Gasteiger partial charge >= 0.3 is 0 Å². The van der Waals surface area contributed by atoms with E-state index in [-0.39, 0.29) is 11.9 Å². The summed E-state index contributed by atoms with van der Waals surface area (Å²) in [6, 6.07) is 15.4. The second-order valence-electron chi connectivity index (χ2n) is 5.83. The van der Waals surface area contributed by atoms with E-state index >= 15 is 0 Å². The fourth-order valence-corrected chi connectivity index (χ4v) is 2.52. The molecule has 1 atom stereocenters. The number of aryl methyl sites for hydroxylation is 1. The van der Waals surface area contributed by atoms with Crippen LogP contribution in [0.3, 0.4) is 0 Å². The summed E-state index contributed by atoms with van der Waals surface area (Å²) in [4.78, 5) is 11.9. The SMILES string of the molecule is COc1ccc(C=NN=C2NC(=O)CC(c3ccc(C)cc3)N2)cc1. The Morgan fingerprint density at radius 3 is 2.52 bits per heavy atom. The maximum absolute atomic E-state index is 11.9. The van der Waals surface area contributed by atoms with Crippen LogP contribution in [0.1, 0.15) is 29.2 Å². The van der Waals surface area contributed by atoms with Crippen LogP contribution in [-0.2, 0) is 4.79 Å². The van der Waals surface area contributed by atoms with E-state index in [4.69, 9.17) is 4.74 Å². The van der Waals surface area contributed by atoms with Gasteiger partial charge < -0.3 is 10.1 Å². The number of nitrogens with zero attached hydrogens (tertiary/aromatic N) is 2. The van der Waals surface area contributed by atoms with Crippen LogP contribution in [0.15, 0.2) is 58.7 Å². The number of hydrogen-bond acceptors (Lipinski definition) is 4. The molecule has 128 valence electrons. The lowest BCUT2D eigenvalue weighted by Crippen LogP contribution is -2.49. The highest BCUT2D eigenvalue weighted by molar-refractivity contribution is 6.00. The number of carbonyl (C=O) groups is 1. The summed E-state index contributed by atoms with van der Waals surface area (Å²) >= 11 is 0. The molecule has 1 unspecified atom stereocenters. The molecule has 1 fully saturated rings. The molecule has 6 nitrogen and oxygen atoms in total. The van der Waals surface area contributed by atoms with E-state index in [1.54, 1.807) is 13.3 Å². The van der Waals surface area contributed by atoms with Crippen LogP contribution in [0.4, 0.5) is 0 Å². The van der Waals surface area contributed by atoms with Crippen molar-refractivity contribution in [2.45, 2.75) is 19.4 Å². The van der Waals surface area contributed by atoms with Crippen molar-refractivity contribution in [3.8, 4) is 5.75 Å². The largest absolute Gasteiger partial charge is 0.497 e. The number of nitrogens with one attached hydrogen (secondary N) is 2. The molecule has 1 amide bonds. The van der Waals surface area contributed by atoms with Gasteiger partial charge in [0, 0.05) is 0 Å². The summed E-state index contributed by atoms with van der Waals surface area (Å²) in [5.41, 5.74) is 3.12. The Labute approximate surface area is 146 Å². The molecule has 0 spiro atoms. The molecule has 2 aromatic rings. The first-order chi connectivity index (χ1) is 12.1. The van der Waals surface area contributed by atoms with Gasteiger partial charge in [0.05, 0.1) is 25.8 Å². The number of benzene rings is 2. The van der Waals surface area contributed by atoms with Crippen molar-refractivity contribution in [2.24, 2.45) is 10.2 Å². The van der Waals surface area contributed by atoms with E-state index in [9.17, 15) is 4.79 Å². The number of guanidine groups is 1. The average Bonchev–Trinajstić information content (AvgIpc) is 2.62. The number of rotatable bonds is 4. The Kier molecular flexibility index (Phi) is 5.09. The van der Waals surface area contributed by atoms with E-state index in [0.29, 0.717) is 12.4 Å². The average molecular weight is 336 g/mol. The molecule has 1 aliphatic heterocycles. The van der Waals surface area contributed by atoms with Gasteiger partial charge in [0.25, 0.3) is 0 Å². The highest BCUT2D eigenvalue weighted by Crippen LogP contribution is 2.19. The van der Waals surface area contributed by atoms with E-state index in [1.807, 2.05) is 55.5 Å². The number of methoxy groups -OCH3 is 1. The monoisotopic (exact) mass is 336 g/mol. The van der Waals surface area contributed by atoms with Crippen LogP contribution in [-0.4, -0.2) is 25.2 Å². The zero-order valence-corrected chi connectivity index (χ0v) is 14.2. The lowest BCUT2D eigenvalue weighted by molar-refractivity contribution is -0.120. The standard InChI is InChI=1S/C19H20N4O2/c1-13-3-7-15(8-4-13)17-11-18(24)22-19(21-17)23-20-12-14-5-9-16(25-2)10-6-14/h3-10,12,17H,11H2,1-2H3,(H2,21,22,23,24). The minimum atomic E-state index is -0.107. The van der Waals surface area contributed by atoms with Gasteiger partial charge in [-0.1, -0.05) is 29.8 Å². The number of carbonyl (C=O) groups excluding carboxylic acids is 1. The lowest BCUT2D eigenvalue weighted by Gasteiger charge is -2.25. The van der Waals surface area contributed by atoms with Crippen molar-refractivity contribution < 1.29 is 9.53 Å². The van der Waals surface area contributed by atoms with Crippen molar-refractivity contribution in [2.75, 3.05) is 7.11 Å². The Hall–Kier alpha value is -3.15. The van der Waals surface area contributed by atoms with E-state index < -0.39 is 0 Å². The molecule has 1 aliphatic rings. The van der Waals surface area contributed by atoms with Crippen LogP contribution in [0.25, 0.3) is 0 Å². The molecule has 1 saturated heterocycles. The van der Waals surface area contributed by atoms with Gasteiger partial charge in [0.2, 0.25) is 11.9 Å². The molecule has 2 N–H and O–H groups in total. The van der Waals surface area contributed by atoms with Gasteiger partial charge in [-0.2, -0.15) is 5.10 Å².